The summed E-state index contributed by atoms with van der Waals surface area (Å²) >= 11 is 0. The van der Waals surface area contributed by atoms with Crippen molar-refractivity contribution in [2.24, 2.45) is 5.92 Å². The molecule has 2 aliphatic rings. The van der Waals surface area contributed by atoms with Gasteiger partial charge >= 0.3 is 0 Å². The molecule has 3 heteroatoms. The highest BCUT2D eigenvalue weighted by molar-refractivity contribution is 4.94. The molecular weight excluding hydrogens is 258 g/mol. The second kappa shape index (κ2) is 7.94. The summed E-state index contributed by atoms with van der Waals surface area (Å²) in [4.78, 5) is 5.14. The molecule has 1 aliphatic heterocycles. The van der Waals surface area contributed by atoms with Crippen molar-refractivity contribution < 1.29 is 0 Å². The predicted octanol–water partition coefficient (Wildman–Crippen LogP) is 2.96. The van der Waals surface area contributed by atoms with Gasteiger partial charge in [-0.15, -0.1) is 0 Å². The van der Waals surface area contributed by atoms with Crippen LogP contribution in [-0.2, 0) is 0 Å². The van der Waals surface area contributed by atoms with Crippen LogP contribution in [0.5, 0.6) is 0 Å². The number of likely N-dealkylation sites (tertiary alicyclic amines) is 1. The Morgan fingerprint density at radius 1 is 1.10 bits per heavy atom. The third kappa shape index (κ3) is 4.94. The van der Waals surface area contributed by atoms with Gasteiger partial charge in [-0.05, 0) is 58.8 Å². The van der Waals surface area contributed by atoms with E-state index in [0.717, 1.165) is 12.0 Å². The first-order valence-electron chi connectivity index (χ1n) is 9.15. The van der Waals surface area contributed by atoms with Gasteiger partial charge < -0.3 is 15.1 Å². The molecule has 1 saturated carbocycles. The van der Waals surface area contributed by atoms with Crippen LogP contribution in [0.2, 0.25) is 0 Å². The molecule has 3 nitrogen and oxygen atoms in total. The molecule has 1 aliphatic carbocycles. The van der Waals surface area contributed by atoms with Gasteiger partial charge in [-0.25, -0.2) is 0 Å². The lowest BCUT2D eigenvalue weighted by Crippen LogP contribution is -2.55. The Bertz CT molecular complexity index is 287. The van der Waals surface area contributed by atoms with Crippen LogP contribution in [0.1, 0.15) is 58.8 Å². The van der Waals surface area contributed by atoms with E-state index in [1.807, 2.05) is 0 Å². The fourth-order valence-electron chi connectivity index (χ4n) is 4.16. The maximum atomic E-state index is 3.92. The monoisotopic (exact) mass is 295 g/mol. The minimum Gasteiger partial charge on any atom is -0.312 e. The molecule has 1 saturated heterocycles. The van der Waals surface area contributed by atoms with E-state index in [2.05, 4.69) is 43.1 Å². The summed E-state index contributed by atoms with van der Waals surface area (Å²) in [6.07, 6.45) is 9.66. The second-order valence-corrected chi connectivity index (χ2v) is 8.03. The summed E-state index contributed by atoms with van der Waals surface area (Å²) in [6, 6.07) is 0.743. The van der Waals surface area contributed by atoms with E-state index in [-0.39, 0.29) is 0 Å². The lowest BCUT2D eigenvalue weighted by atomic mass is 9.80. The molecule has 0 aromatic heterocycles. The van der Waals surface area contributed by atoms with E-state index in [9.17, 15) is 0 Å². The summed E-state index contributed by atoms with van der Waals surface area (Å²) in [7, 11) is 4.55. The SMILES string of the molecule is CC(C)CN1CCC(NCC2(N(C)C)CCCCC2)CC1. The van der Waals surface area contributed by atoms with Crippen LogP contribution in [0.15, 0.2) is 0 Å². The Hall–Kier alpha value is -0.120. The highest BCUT2D eigenvalue weighted by Crippen LogP contribution is 2.32. The van der Waals surface area contributed by atoms with Crippen LogP contribution < -0.4 is 5.32 Å². The Morgan fingerprint density at radius 2 is 1.71 bits per heavy atom. The van der Waals surface area contributed by atoms with Gasteiger partial charge in [-0.2, -0.15) is 0 Å². The van der Waals surface area contributed by atoms with Gasteiger partial charge in [0.1, 0.15) is 0 Å². The molecule has 0 bridgehead atoms. The number of nitrogens with one attached hydrogen (secondary N) is 1. The zero-order valence-corrected chi connectivity index (χ0v) is 14.8. The maximum Gasteiger partial charge on any atom is 0.0327 e. The fourth-order valence-corrected chi connectivity index (χ4v) is 4.16. The first-order chi connectivity index (χ1) is 10.0. The predicted molar refractivity (Wildman–Crippen MR) is 91.8 cm³/mol. The number of hydrogen-bond acceptors (Lipinski definition) is 3. The van der Waals surface area contributed by atoms with Gasteiger partial charge in [0.05, 0.1) is 0 Å². The van der Waals surface area contributed by atoms with Gasteiger partial charge in [0.25, 0.3) is 0 Å². The molecule has 0 atom stereocenters. The smallest absolute Gasteiger partial charge is 0.0327 e. The number of hydrogen-bond donors (Lipinski definition) is 1. The molecule has 0 amide bonds. The van der Waals surface area contributed by atoms with Crippen LogP contribution in [0.3, 0.4) is 0 Å². The van der Waals surface area contributed by atoms with Crippen molar-refractivity contribution in [1.82, 2.24) is 15.1 Å². The summed E-state index contributed by atoms with van der Waals surface area (Å²) < 4.78 is 0. The van der Waals surface area contributed by atoms with Gasteiger partial charge in [0.15, 0.2) is 0 Å². The van der Waals surface area contributed by atoms with Crippen molar-refractivity contribution >= 4 is 0 Å². The fraction of sp³-hybridized carbons (Fsp3) is 1.00. The van der Waals surface area contributed by atoms with Crippen LogP contribution in [-0.4, -0.2) is 61.7 Å². The van der Waals surface area contributed by atoms with Crippen LogP contribution in [0.25, 0.3) is 0 Å². The Labute approximate surface area is 132 Å². The number of likely N-dealkylation sites (N-methyl/N-ethyl adjacent to an activating group) is 1. The highest BCUT2D eigenvalue weighted by atomic mass is 15.2. The average Bonchev–Trinajstić information content (AvgIpc) is 2.47. The van der Waals surface area contributed by atoms with E-state index in [4.69, 9.17) is 0 Å². The van der Waals surface area contributed by atoms with Gasteiger partial charge in [-0.1, -0.05) is 33.1 Å². The minimum absolute atomic E-state index is 0.424. The molecule has 21 heavy (non-hydrogen) atoms. The molecule has 2 fully saturated rings. The van der Waals surface area contributed by atoms with Crippen molar-refractivity contribution in [3.05, 3.63) is 0 Å². The van der Waals surface area contributed by atoms with Gasteiger partial charge in [-0.3, -0.25) is 0 Å². The number of piperidine rings is 1. The Morgan fingerprint density at radius 3 is 2.24 bits per heavy atom. The standard InChI is InChI=1S/C18H37N3/c1-16(2)14-21-12-8-17(9-13-21)19-15-18(20(3)4)10-6-5-7-11-18/h16-17,19H,5-15H2,1-4H3. The Kier molecular flexibility index (Phi) is 6.51. The van der Waals surface area contributed by atoms with Gasteiger partial charge in [0.2, 0.25) is 0 Å². The molecule has 1 N–H and O–H groups in total. The topological polar surface area (TPSA) is 18.5 Å². The summed E-state index contributed by atoms with van der Waals surface area (Å²) in [5.41, 5.74) is 0.424. The second-order valence-electron chi connectivity index (χ2n) is 8.03. The van der Waals surface area contributed by atoms with Crippen LogP contribution >= 0.6 is 0 Å². The normalized spacial score (nSPS) is 24.9. The first kappa shape index (κ1) is 17.2. The summed E-state index contributed by atoms with van der Waals surface area (Å²) in [5.74, 6) is 0.800. The van der Waals surface area contributed by atoms with Crippen molar-refractivity contribution in [3.8, 4) is 0 Å². The molecular formula is C18H37N3. The lowest BCUT2D eigenvalue weighted by Gasteiger charge is -2.44. The quantitative estimate of drug-likeness (QED) is 0.813. The summed E-state index contributed by atoms with van der Waals surface area (Å²) in [6.45, 7) is 9.68. The zero-order valence-electron chi connectivity index (χ0n) is 14.8. The third-order valence-corrected chi connectivity index (χ3v) is 5.66. The first-order valence-corrected chi connectivity index (χ1v) is 9.15. The largest absolute Gasteiger partial charge is 0.312 e. The molecule has 0 aromatic rings. The van der Waals surface area contributed by atoms with E-state index < -0.39 is 0 Å². The number of rotatable bonds is 6. The van der Waals surface area contributed by atoms with Gasteiger partial charge in [0, 0.05) is 24.7 Å². The van der Waals surface area contributed by atoms with Crippen molar-refractivity contribution in [2.75, 3.05) is 40.3 Å². The maximum absolute atomic E-state index is 3.92. The third-order valence-electron chi connectivity index (χ3n) is 5.66. The van der Waals surface area contributed by atoms with Crippen molar-refractivity contribution in [1.29, 1.82) is 0 Å². The average molecular weight is 296 g/mol. The van der Waals surface area contributed by atoms with E-state index in [1.54, 1.807) is 0 Å². The van der Waals surface area contributed by atoms with E-state index in [0.29, 0.717) is 5.54 Å². The van der Waals surface area contributed by atoms with Crippen molar-refractivity contribution in [2.45, 2.75) is 70.4 Å². The molecule has 0 spiro atoms. The molecule has 2 rings (SSSR count). The molecule has 0 unspecified atom stereocenters. The number of nitrogens with zero attached hydrogens (tertiary/aromatic N) is 2. The zero-order chi connectivity index (χ0) is 15.3. The van der Waals surface area contributed by atoms with E-state index >= 15 is 0 Å². The minimum atomic E-state index is 0.424. The van der Waals surface area contributed by atoms with Crippen molar-refractivity contribution in [3.63, 3.8) is 0 Å². The van der Waals surface area contributed by atoms with E-state index in [1.165, 1.54) is 71.1 Å². The molecule has 0 radical (unpaired) electrons. The molecule has 1 heterocycles. The lowest BCUT2D eigenvalue weighted by molar-refractivity contribution is 0.0886. The molecule has 0 aromatic carbocycles. The van der Waals surface area contributed by atoms with Crippen LogP contribution in [0, 0.1) is 5.92 Å². The van der Waals surface area contributed by atoms with Crippen LogP contribution in [0.4, 0.5) is 0 Å². The highest BCUT2D eigenvalue weighted by Gasteiger charge is 2.34. The molecule has 124 valence electrons. The summed E-state index contributed by atoms with van der Waals surface area (Å²) in [5, 5.41) is 3.92. The Balaban J connectivity index is 1.75.